The third-order valence-electron chi connectivity index (χ3n) is 7.12. The zero-order chi connectivity index (χ0) is 25.4. The van der Waals surface area contributed by atoms with E-state index < -0.39 is 23.6 Å². The van der Waals surface area contributed by atoms with Crippen molar-refractivity contribution < 1.29 is 28.8 Å². The van der Waals surface area contributed by atoms with Crippen LogP contribution in [0.1, 0.15) is 71.6 Å². The predicted molar refractivity (Wildman–Crippen MR) is 134 cm³/mol. The number of rotatable bonds is 7. The fourth-order valence-electron chi connectivity index (χ4n) is 5.02. The molecule has 0 bridgehead atoms. The van der Waals surface area contributed by atoms with Crippen LogP contribution in [-0.2, 0) is 14.9 Å². The minimum Gasteiger partial charge on any atom is -0.494 e. The highest BCUT2D eigenvalue weighted by molar-refractivity contribution is 5.71. The first-order valence-corrected chi connectivity index (χ1v) is 12.6. The number of carboxylic acids is 1. The van der Waals surface area contributed by atoms with Gasteiger partial charge in [-0.2, -0.15) is 0 Å². The highest BCUT2D eigenvalue weighted by Gasteiger charge is 2.52. The monoisotopic (exact) mass is 482 g/mol. The highest BCUT2D eigenvalue weighted by atomic mass is 16.6. The van der Waals surface area contributed by atoms with Crippen molar-refractivity contribution in [3.63, 3.8) is 0 Å². The Balaban J connectivity index is 1.57. The van der Waals surface area contributed by atoms with Gasteiger partial charge in [0.1, 0.15) is 35.6 Å². The lowest BCUT2D eigenvalue weighted by Gasteiger charge is -2.50. The summed E-state index contributed by atoms with van der Waals surface area (Å²) in [5.41, 5.74) is 1.61. The molecule has 6 nitrogen and oxygen atoms in total. The van der Waals surface area contributed by atoms with Crippen LogP contribution in [0.25, 0.3) is 0 Å². The molecule has 2 aliphatic rings. The van der Waals surface area contributed by atoms with E-state index in [-0.39, 0.29) is 24.0 Å². The number of aliphatic carboxylic acids is 1. The number of ether oxygens (including phenoxy) is 4. The second kappa shape index (κ2) is 9.73. The van der Waals surface area contributed by atoms with Crippen molar-refractivity contribution in [3.8, 4) is 17.2 Å². The van der Waals surface area contributed by atoms with Crippen LogP contribution < -0.4 is 14.2 Å². The molecule has 0 spiro atoms. The van der Waals surface area contributed by atoms with Crippen molar-refractivity contribution in [1.29, 1.82) is 0 Å². The van der Waals surface area contributed by atoms with E-state index >= 15 is 0 Å². The summed E-state index contributed by atoms with van der Waals surface area (Å²) < 4.78 is 24.8. The standard InChI is InChI=1S/C29H38O6/c1-7-14-32-20-12-13-24-21(15-20)26-23(29(5,6)35-24)16-22(27(30)31)25(34-26)17-33-19-10-8-18(9-11-19)28(2,3)4/h8-13,15,22-23,25-26H,7,14,16-17H2,1-6H3,(H,30,31)/t22-,23-,25-,26+/m0/s1. The van der Waals surface area contributed by atoms with E-state index in [4.69, 9.17) is 18.9 Å². The van der Waals surface area contributed by atoms with Crippen LogP contribution in [0.15, 0.2) is 42.5 Å². The van der Waals surface area contributed by atoms with Gasteiger partial charge in [0, 0.05) is 11.5 Å². The maximum atomic E-state index is 12.2. The SMILES string of the molecule is CCCOc1ccc2c(c1)[C@H]1O[C@@H](COc3ccc(C(C)(C)C)cc3)[C@@H](C(=O)O)C[C@@H]1C(C)(C)O2. The Hall–Kier alpha value is -2.73. The van der Waals surface area contributed by atoms with E-state index in [1.807, 2.05) is 44.2 Å². The summed E-state index contributed by atoms with van der Waals surface area (Å²) in [5.74, 6) is 0.557. The Kier molecular flexibility index (Phi) is 7.05. The van der Waals surface area contributed by atoms with Gasteiger partial charge in [0.15, 0.2) is 0 Å². The van der Waals surface area contributed by atoms with Crippen molar-refractivity contribution in [1.82, 2.24) is 0 Å². The smallest absolute Gasteiger partial charge is 0.309 e. The molecular formula is C29H38O6. The molecule has 0 radical (unpaired) electrons. The molecule has 0 amide bonds. The Labute approximate surface area is 208 Å². The van der Waals surface area contributed by atoms with Crippen molar-refractivity contribution in [2.45, 2.75) is 77.6 Å². The number of carbonyl (C=O) groups is 1. The van der Waals surface area contributed by atoms with Crippen LogP contribution in [0.2, 0.25) is 0 Å². The third-order valence-corrected chi connectivity index (χ3v) is 7.12. The zero-order valence-corrected chi connectivity index (χ0v) is 21.7. The molecule has 2 aliphatic heterocycles. The van der Waals surface area contributed by atoms with Gasteiger partial charge in [-0.15, -0.1) is 0 Å². The van der Waals surface area contributed by atoms with Crippen LogP contribution in [0.3, 0.4) is 0 Å². The van der Waals surface area contributed by atoms with Gasteiger partial charge in [-0.25, -0.2) is 0 Å². The fourth-order valence-corrected chi connectivity index (χ4v) is 5.02. The van der Waals surface area contributed by atoms with Gasteiger partial charge in [0.25, 0.3) is 0 Å². The van der Waals surface area contributed by atoms with Gasteiger partial charge in [0.05, 0.1) is 18.6 Å². The summed E-state index contributed by atoms with van der Waals surface area (Å²) >= 11 is 0. The summed E-state index contributed by atoms with van der Waals surface area (Å²) in [4.78, 5) is 12.2. The number of hydrogen-bond donors (Lipinski definition) is 1. The largest absolute Gasteiger partial charge is 0.494 e. The summed E-state index contributed by atoms with van der Waals surface area (Å²) in [6, 6.07) is 13.8. The van der Waals surface area contributed by atoms with Crippen LogP contribution in [0.5, 0.6) is 17.2 Å². The first-order chi connectivity index (χ1) is 16.5. The molecule has 190 valence electrons. The van der Waals surface area contributed by atoms with Gasteiger partial charge in [0.2, 0.25) is 0 Å². The van der Waals surface area contributed by atoms with Gasteiger partial charge in [-0.05, 0) is 68.0 Å². The number of carboxylic acid groups (broad SMARTS) is 1. The van der Waals surface area contributed by atoms with Crippen LogP contribution in [-0.4, -0.2) is 36.0 Å². The Morgan fingerprint density at radius 2 is 1.77 bits per heavy atom. The van der Waals surface area contributed by atoms with Crippen LogP contribution in [0, 0.1) is 11.8 Å². The molecule has 0 unspecified atom stereocenters. The quantitative estimate of drug-likeness (QED) is 0.509. The predicted octanol–water partition coefficient (Wildman–Crippen LogP) is 6.17. The Morgan fingerprint density at radius 1 is 1.09 bits per heavy atom. The molecule has 4 rings (SSSR count). The van der Waals surface area contributed by atoms with Gasteiger partial charge < -0.3 is 24.1 Å². The molecule has 4 atom stereocenters. The molecule has 1 saturated heterocycles. The van der Waals surface area contributed by atoms with E-state index in [0.29, 0.717) is 18.8 Å². The number of hydrogen-bond acceptors (Lipinski definition) is 5. The van der Waals surface area contributed by atoms with Crippen LogP contribution >= 0.6 is 0 Å². The number of fused-ring (bicyclic) bond motifs is 3. The summed E-state index contributed by atoms with van der Waals surface area (Å²) in [7, 11) is 0. The van der Waals surface area contributed by atoms with Gasteiger partial charge in [-0.1, -0.05) is 39.8 Å². The Bertz CT molecular complexity index is 1040. The van der Waals surface area contributed by atoms with Crippen molar-refractivity contribution in [2.24, 2.45) is 11.8 Å². The summed E-state index contributed by atoms with van der Waals surface area (Å²) in [5, 5.41) is 10.0. The molecule has 2 heterocycles. The van der Waals surface area contributed by atoms with Crippen molar-refractivity contribution in [2.75, 3.05) is 13.2 Å². The molecule has 2 aromatic rings. The Morgan fingerprint density at radius 3 is 2.40 bits per heavy atom. The van der Waals surface area contributed by atoms with Crippen LogP contribution in [0.4, 0.5) is 0 Å². The summed E-state index contributed by atoms with van der Waals surface area (Å²) in [6.07, 6.45) is 0.479. The second-order valence-corrected chi connectivity index (χ2v) is 11.2. The minimum absolute atomic E-state index is 0.0529. The lowest BCUT2D eigenvalue weighted by Crippen LogP contribution is -2.53. The first-order valence-electron chi connectivity index (χ1n) is 12.6. The van der Waals surface area contributed by atoms with E-state index in [9.17, 15) is 9.90 Å². The molecule has 2 aromatic carbocycles. The second-order valence-electron chi connectivity index (χ2n) is 11.2. The van der Waals surface area contributed by atoms with Crippen molar-refractivity contribution in [3.05, 3.63) is 53.6 Å². The summed E-state index contributed by atoms with van der Waals surface area (Å²) in [6.45, 7) is 13.4. The molecule has 1 fully saturated rings. The third kappa shape index (κ3) is 5.43. The van der Waals surface area contributed by atoms with E-state index in [1.54, 1.807) is 0 Å². The van der Waals surface area contributed by atoms with Gasteiger partial charge >= 0.3 is 5.97 Å². The highest BCUT2D eigenvalue weighted by Crippen LogP contribution is 2.52. The number of benzene rings is 2. The van der Waals surface area contributed by atoms with Crippen molar-refractivity contribution >= 4 is 5.97 Å². The van der Waals surface area contributed by atoms with E-state index in [0.717, 1.165) is 23.5 Å². The molecule has 6 heteroatoms. The normalized spacial score (nSPS) is 25.1. The molecular weight excluding hydrogens is 444 g/mol. The first kappa shape index (κ1) is 25.4. The van der Waals surface area contributed by atoms with E-state index in [2.05, 4.69) is 39.8 Å². The van der Waals surface area contributed by atoms with E-state index in [1.165, 1.54) is 5.56 Å². The molecule has 35 heavy (non-hydrogen) atoms. The van der Waals surface area contributed by atoms with Gasteiger partial charge in [-0.3, -0.25) is 4.79 Å². The lowest BCUT2D eigenvalue weighted by atomic mass is 9.72. The molecule has 0 saturated carbocycles. The molecule has 0 aliphatic carbocycles. The zero-order valence-electron chi connectivity index (χ0n) is 21.7. The molecule has 1 N–H and O–H groups in total. The topological polar surface area (TPSA) is 74.2 Å². The maximum absolute atomic E-state index is 12.2. The average molecular weight is 483 g/mol. The maximum Gasteiger partial charge on any atom is 0.309 e. The minimum atomic E-state index is -0.873. The average Bonchev–Trinajstić information content (AvgIpc) is 2.80. The molecule has 0 aromatic heterocycles. The lowest BCUT2D eigenvalue weighted by molar-refractivity contribution is -0.192. The fraction of sp³-hybridized carbons (Fsp3) is 0.552.